The highest BCUT2D eigenvalue weighted by Crippen LogP contribution is 2.65. The second-order valence-electron chi connectivity index (χ2n) is 11.4. The van der Waals surface area contributed by atoms with Crippen molar-refractivity contribution in [3.8, 4) is 0 Å². The highest BCUT2D eigenvalue weighted by atomic mass is 35.5. The van der Waals surface area contributed by atoms with Crippen LogP contribution in [0.25, 0.3) is 0 Å². The average molecular weight is 561 g/mol. The van der Waals surface area contributed by atoms with Crippen LogP contribution in [0.5, 0.6) is 0 Å². The largest absolute Gasteiger partial charge is 0.408 e. The lowest BCUT2D eigenvalue weighted by atomic mass is 9.46. The maximum Gasteiger partial charge on any atom is 0.408 e. The van der Waals surface area contributed by atoms with Crippen molar-refractivity contribution in [3.63, 3.8) is 0 Å². The molecular formula is C26H27Cl2FN6O3. The number of halogens is 3. The van der Waals surface area contributed by atoms with Gasteiger partial charge in [0.15, 0.2) is 10.8 Å². The summed E-state index contributed by atoms with van der Waals surface area (Å²) in [7, 11) is 0. The molecule has 4 aliphatic carbocycles. The molecule has 2 unspecified atom stereocenters. The number of benzene rings is 1. The van der Waals surface area contributed by atoms with Gasteiger partial charge in [0.25, 0.3) is 0 Å². The molecule has 2 heterocycles. The van der Waals surface area contributed by atoms with Crippen LogP contribution in [0.4, 0.5) is 16.0 Å². The van der Waals surface area contributed by atoms with Gasteiger partial charge in [0, 0.05) is 23.7 Å². The molecule has 7 rings (SSSR count). The zero-order chi connectivity index (χ0) is 26.8. The summed E-state index contributed by atoms with van der Waals surface area (Å²) in [5, 5.41) is 23.7. The zero-order valence-electron chi connectivity index (χ0n) is 20.8. The average Bonchev–Trinajstić information content (AvgIpc) is 3.38. The van der Waals surface area contributed by atoms with Crippen LogP contribution >= 0.6 is 23.2 Å². The molecule has 4 aliphatic rings. The first-order valence-electron chi connectivity index (χ1n) is 12.7. The second kappa shape index (κ2) is 9.05. The van der Waals surface area contributed by atoms with Gasteiger partial charge in [-0.15, -0.1) is 0 Å². The first-order chi connectivity index (χ1) is 18.0. The van der Waals surface area contributed by atoms with Crippen molar-refractivity contribution in [1.82, 2.24) is 19.6 Å². The molecule has 4 bridgehead atoms. The van der Waals surface area contributed by atoms with E-state index in [4.69, 9.17) is 23.2 Å². The second-order valence-corrected chi connectivity index (χ2v) is 12.2. The smallest absolute Gasteiger partial charge is 0.358 e. The molecule has 4 fully saturated rings. The van der Waals surface area contributed by atoms with Gasteiger partial charge >= 0.3 is 5.82 Å². The molecule has 2 aromatic heterocycles. The number of amides is 1. The summed E-state index contributed by atoms with van der Waals surface area (Å²) in [6.07, 6.45) is 7.70. The van der Waals surface area contributed by atoms with Crippen LogP contribution in [0, 0.1) is 40.1 Å². The number of nitrogens with zero attached hydrogens (tertiary/aromatic N) is 5. The normalized spacial score (nSPS) is 27.6. The minimum atomic E-state index is -0.529. The molecule has 0 saturated heterocycles. The van der Waals surface area contributed by atoms with Crippen molar-refractivity contribution in [2.75, 3.05) is 5.32 Å². The van der Waals surface area contributed by atoms with Crippen molar-refractivity contribution >= 4 is 40.7 Å². The SMILES string of the molecule is Cc1c(Cl)c([N+](=O)[O-])nn1C12CC3CC(CC(CC(=O)Nc4ccn(Cc5ccc(F)cc5Cl)n4)(C3)C1)C2. The fraction of sp³-hybridized carbons (Fsp3) is 0.500. The zero-order valence-corrected chi connectivity index (χ0v) is 22.3. The topological polar surface area (TPSA) is 108 Å². The summed E-state index contributed by atoms with van der Waals surface area (Å²) in [4.78, 5) is 24.2. The summed E-state index contributed by atoms with van der Waals surface area (Å²) in [6.45, 7) is 2.14. The first-order valence-corrected chi connectivity index (χ1v) is 13.5. The molecule has 0 spiro atoms. The summed E-state index contributed by atoms with van der Waals surface area (Å²) < 4.78 is 16.8. The predicted molar refractivity (Wildman–Crippen MR) is 140 cm³/mol. The van der Waals surface area contributed by atoms with E-state index in [-0.39, 0.29) is 27.7 Å². The van der Waals surface area contributed by atoms with Crippen molar-refractivity contribution in [2.24, 2.45) is 17.3 Å². The highest BCUT2D eigenvalue weighted by Gasteiger charge is 2.60. The Morgan fingerprint density at radius 3 is 2.61 bits per heavy atom. The van der Waals surface area contributed by atoms with E-state index in [0.717, 1.165) is 44.1 Å². The molecule has 1 N–H and O–H groups in total. The molecule has 3 aromatic rings. The van der Waals surface area contributed by atoms with Gasteiger partial charge in [0.05, 0.1) is 22.9 Å². The van der Waals surface area contributed by atoms with Gasteiger partial charge in [-0.05, 0) is 85.3 Å². The number of nitrogens with one attached hydrogen (secondary N) is 1. The van der Waals surface area contributed by atoms with Gasteiger partial charge in [-0.3, -0.25) is 9.48 Å². The molecular weight excluding hydrogens is 534 g/mol. The molecule has 38 heavy (non-hydrogen) atoms. The van der Waals surface area contributed by atoms with E-state index in [1.165, 1.54) is 12.1 Å². The molecule has 2 atom stereocenters. The molecule has 9 nitrogen and oxygen atoms in total. The van der Waals surface area contributed by atoms with Crippen molar-refractivity contribution in [2.45, 2.75) is 64.0 Å². The van der Waals surface area contributed by atoms with E-state index < -0.39 is 10.7 Å². The minimum absolute atomic E-state index is 0.0926. The molecule has 1 amide bonds. The third-order valence-electron chi connectivity index (χ3n) is 8.59. The summed E-state index contributed by atoms with van der Waals surface area (Å²) in [5.41, 5.74) is 0.786. The predicted octanol–water partition coefficient (Wildman–Crippen LogP) is 6.11. The minimum Gasteiger partial charge on any atom is -0.358 e. The lowest BCUT2D eigenvalue weighted by Crippen LogP contribution is -2.57. The molecule has 200 valence electrons. The fourth-order valence-electron chi connectivity index (χ4n) is 7.77. The van der Waals surface area contributed by atoms with E-state index in [2.05, 4.69) is 15.5 Å². The van der Waals surface area contributed by atoms with Crippen LogP contribution in [0.1, 0.15) is 56.2 Å². The van der Waals surface area contributed by atoms with Crippen LogP contribution in [-0.4, -0.2) is 30.4 Å². The molecule has 0 aliphatic heterocycles. The van der Waals surface area contributed by atoms with Crippen LogP contribution in [0.2, 0.25) is 10.0 Å². The van der Waals surface area contributed by atoms with Crippen molar-refractivity contribution in [3.05, 3.63) is 67.7 Å². The molecule has 12 heteroatoms. The number of rotatable bonds is 7. The first kappa shape index (κ1) is 25.3. The van der Waals surface area contributed by atoms with Gasteiger partial charge in [0.1, 0.15) is 5.82 Å². The van der Waals surface area contributed by atoms with E-state index >= 15 is 0 Å². The van der Waals surface area contributed by atoms with Gasteiger partial charge in [-0.25, -0.2) is 4.39 Å². The molecule has 4 saturated carbocycles. The van der Waals surface area contributed by atoms with Crippen molar-refractivity contribution < 1.29 is 14.1 Å². The van der Waals surface area contributed by atoms with Crippen LogP contribution in [-0.2, 0) is 16.9 Å². The third kappa shape index (κ3) is 4.37. The van der Waals surface area contributed by atoms with E-state index in [0.29, 0.717) is 41.3 Å². The highest BCUT2D eigenvalue weighted by molar-refractivity contribution is 6.33. The van der Waals surface area contributed by atoms with E-state index in [1.807, 2.05) is 0 Å². The van der Waals surface area contributed by atoms with Gasteiger partial charge in [-0.2, -0.15) is 9.78 Å². The monoisotopic (exact) mass is 560 g/mol. The Morgan fingerprint density at radius 2 is 1.95 bits per heavy atom. The summed E-state index contributed by atoms with van der Waals surface area (Å²) in [6, 6.07) is 5.95. The lowest BCUT2D eigenvalue weighted by molar-refractivity contribution is -0.389. The summed E-state index contributed by atoms with van der Waals surface area (Å²) >= 11 is 12.4. The number of hydrogen-bond donors (Lipinski definition) is 1. The number of aromatic nitrogens is 4. The van der Waals surface area contributed by atoms with E-state index in [1.54, 1.807) is 34.6 Å². The maximum absolute atomic E-state index is 13.3. The maximum atomic E-state index is 13.3. The lowest BCUT2D eigenvalue weighted by Gasteiger charge is -2.61. The number of anilines is 1. The van der Waals surface area contributed by atoms with Crippen molar-refractivity contribution in [1.29, 1.82) is 0 Å². The van der Waals surface area contributed by atoms with Gasteiger partial charge < -0.3 is 15.4 Å². The molecule has 1 aromatic carbocycles. The van der Waals surface area contributed by atoms with Crippen LogP contribution in [0.3, 0.4) is 0 Å². The Morgan fingerprint density at radius 1 is 1.21 bits per heavy atom. The third-order valence-corrected chi connectivity index (χ3v) is 9.39. The Labute approximate surface area is 228 Å². The Kier molecular flexibility index (Phi) is 6.03. The number of carbonyl (C=O) groups excluding carboxylic acids is 1. The number of hydrogen-bond acceptors (Lipinski definition) is 5. The van der Waals surface area contributed by atoms with E-state index in [9.17, 15) is 19.3 Å². The van der Waals surface area contributed by atoms with Crippen LogP contribution in [0.15, 0.2) is 30.5 Å². The van der Waals surface area contributed by atoms with Crippen LogP contribution < -0.4 is 5.32 Å². The number of carbonyl (C=O) groups is 1. The number of nitro groups is 1. The Hall–Kier alpha value is -2.98. The quantitative estimate of drug-likeness (QED) is 0.277. The fourth-order valence-corrected chi connectivity index (χ4v) is 8.19. The Balaban J connectivity index is 1.18. The summed E-state index contributed by atoms with van der Waals surface area (Å²) in [5.74, 6) is 0.536. The standard InChI is InChI=1S/C26H27Cl2FN6O3/c1-15-23(28)24(35(37)38)32-34(15)26-10-16-6-17(11-26)9-25(8-16,14-26)12-22(36)30-21-4-5-33(31-21)13-18-2-3-19(29)7-20(18)27/h2-5,7,16-17H,6,8-14H2,1H3,(H,30,31,36). The van der Waals surface area contributed by atoms with Gasteiger partial charge in [-0.1, -0.05) is 29.3 Å². The van der Waals surface area contributed by atoms with Gasteiger partial charge in [0.2, 0.25) is 5.91 Å². The molecule has 0 radical (unpaired) electrons. The Bertz CT molecular complexity index is 1440.